The van der Waals surface area contributed by atoms with Gasteiger partial charge in [-0.15, -0.1) is 0 Å². The Hall–Kier alpha value is -3.61. The van der Waals surface area contributed by atoms with Crippen molar-refractivity contribution in [2.24, 2.45) is 11.7 Å². The van der Waals surface area contributed by atoms with Crippen LogP contribution in [0.3, 0.4) is 0 Å². The Morgan fingerprint density at radius 2 is 1.65 bits per heavy atom. The maximum atomic E-state index is 13.6. The maximum absolute atomic E-state index is 13.6. The first-order chi connectivity index (χ1) is 16.6. The molecule has 3 heterocycles. The Balaban J connectivity index is 1.43. The molecule has 0 aliphatic carbocycles. The molecule has 0 atom stereocenters. The summed E-state index contributed by atoms with van der Waals surface area (Å²) >= 11 is 0. The maximum Gasteiger partial charge on any atom is 0.276 e. The Labute approximate surface area is 200 Å². The molecule has 2 amide bonds. The third kappa shape index (κ3) is 4.42. The molecule has 2 aliphatic heterocycles. The van der Waals surface area contributed by atoms with Crippen molar-refractivity contribution >= 4 is 23.2 Å². The summed E-state index contributed by atoms with van der Waals surface area (Å²) in [6, 6.07) is 18.0. The molecule has 0 radical (unpaired) electrons. The highest BCUT2D eigenvalue weighted by Gasteiger charge is 2.27. The first-order valence-corrected chi connectivity index (χ1v) is 12.2. The van der Waals surface area contributed by atoms with Gasteiger partial charge in [0, 0.05) is 31.1 Å². The largest absolute Gasteiger partial charge is 0.370 e. The van der Waals surface area contributed by atoms with Gasteiger partial charge >= 0.3 is 0 Å². The van der Waals surface area contributed by atoms with Gasteiger partial charge in [0.05, 0.1) is 17.1 Å². The number of imidazole rings is 1. The molecule has 3 N–H and O–H groups in total. The van der Waals surface area contributed by atoms with Gasteiger partial charge in [0.2, 0.25) is 5.91 Å². The number of amides is 2. The minimum atomic E-state index is -0.226. The minimum Gasteiger partial charge on any atom is -0.370 e. The van der Waals surface area contributed by atoms with Crippen molar-refractivity contribution < 1.29 is 9.59 Å². The van der Waals surface area contributed by atoms with Gasteiger partial charge in [-0.3, -0.25) is 9.59 Å². The van der Waals surface area contributed by atoms with Crippen LogP contribution in [0, 0.1) is 5.92 Å². The number of nitrogens with two attached hydrogens (primary N) is 1. The summed E-state index contributed by atoms with van der Waals surface area (Å²) in [7, 11) is 0. The fourth-order valence-corrected chi connectivity index (χ4v) is 5.15. The second kappa shape index (κ2) is 9.71. The van der Waals surface area contributed by atoms with E-state index in [1.165, 1.54) is 0 Å². The van der Waals surface area contributed by atoms with Crippen molar-refractivity contribution in [1.82, 2.24) is 9.55 Å². The molecular formula is C27H31N5O2. The Morgan fingerprint density at radius 3 is 2.41 bits per heavy atom. The van der Waals surface area contributed by atoms with E-state index in [4.69, 9.17) is 10.7 Å². The van der Waals surface area contributed by atoms with E-state index in [0.717, 1.165) is 86.6 Å². The molecule has 3 aromatic rings. The van der Waals surface area contributed by atoms with E-state index in [1.54, 1.807) is 0 Å². The van der Waals surface area contributed by atoms with Crippen LogP contribution in [-0.4, -0.2) is 34.5 Å². The predicted molar refractivity (Wildman–Crippen MR) is 134 cm³/mol. The quantitative estimate of drug-likeness (QED) is 0.600. The smallest absolute Gasteiger partial charge is 0.276 e. The number of hydrogen-bond donors (Lipinski definition) is 2. The molecule has 0 saturated carbocycles. The van der Waals surface area contributed by atoms with Crippen molar-refractivity contribution in [2.75, 3.05) is 23.3 Å². The van der Waals surface area contributed by atoms with Crippen LogP contribution in [0.2, 0.25) is 0 Å². The van der Waals surface area contributed by atoms with Crippen molar-refractivity contribution in [3.8, 4) is 11.4 Å². The van der Waals surface area contributed by atoms with Gasteiger partial charge < -0.3 is 20.5 Å². The van der Waals surface area contributed by atoms with Gasteiger partial charge in [-0.05, 0) is 44.2 Å². The highest BCUT2D eigenvalue weighted by molar-refractivity contribution is 6.06. The molecule has 1 fully saturated rings. The number of primary amides is 1. The van der Waals surface area contributed by atoms with Crippen LogP contribution in [0.5, 0.6) is 0 Å². The van der Waals surface area contributed by atoms with Crippen molar-refractivity contribution in [2.45, 2.75) is 45.1 Å². The topological polar surface area (TPSA) is 93.2 Å². The van der Waals surface area contributed by atoms with E-state index in [2.05, 4.69) is 14.8 Å². The van der Waals surface area contributed by atoms with E-state index < -0.39 is 0 Å². The van der Waals surface area contributed by atoms with Gasteiger partial charge in [0.1, 0.15) is 11.5 Å². The monoisotopic (exact) mass is 457 g/mol. The third-order valence-corrected chi connectivity index (χ3v) is 7.01. The summed E-state index contributed by atoms with van der Waals surface area (Å²) in [4.78, 5) is 32.2. The van der Waals surface area contributed by atoms with E-state index >= 15 is 0 Å². The van der Waals surface area contributed by atoms with Gasteiger partial charge in [-0.1, -0.05) is 48.9 Å². The SMILES string of the molecule is NC(=O)C1CCN(c2ccccc2NC(=O)c2nc(-c3ccccc3)n3c2CCCCC3)CC1. The number of carbonyl (C=O) groups excluding carboxylic acids is 2. The molecule has 5 rings (SSSR count). The first kappa shape index (κ1) is 22.2. The van der Waals surface area contributed by atoms with Crippen molar-refractivity contribution in [1.29, 1.82) is 0 Å². The molecule has 34 heavy (non-hydrogen) atoms. The number of carbonyl (C=O) groups is 2. The molecule has 7 nitrogen and oxygen atoms in total. The normalized spacial score (nSPS) is 16.5. The lowest BCUT2D eigenvalue weighted by Crippen LogP contribution is -2.38. The van der Waals surface area contributed by atoms with Crippen LogP contribution in [0.25, 0.3) is 11.4 Å². The van der Waals surface area contributed by atoms with Crippen LogP contribution < -0.4 is 16.0 Å². The van der Waals surface area contributed by atoms with Crippen LogP contribution in [0.1, 0.15) is 48.3 Å². The van der Waals surface area contributed by atoms with Crippen molar-refractivity contribution in [3.05, 3.63) is 66.0 Å². The summed E-state index contributed by atoms with van der Waals surface area (Å²) in [5.74, 6) is 0.392. The number of nitrogens with zero attached hydrogens (tertiary/aromatic N) is 3. The number of hydrogen-bond acceptors (Lipinski definition) is 4. The molecule has 0 spiro atoms. The summed E-state index contributed by atoms with van der Waals surface area (Å²) in [5, 5.41) is 3.15. The van der Waals surface area contributed by atoms with Gasteiger partial charge in [-0.2, -0.15) is 0 Å². The molecule has 2 aliphatic rings. The highest BCUT2D eigenvalue weighted by Crippen LogP contribution is 2.32. The number of nitrogens with one attached hydrogen (secondary N) is 1. The molecule has 0 unspecified atom stereocenters. The number of piperidine rings is 1. The molecule has 1 saturated heterocycles. The summed E-state index contributed by atoms with van der Waals surface area (Å²) in [6.45, 7) is 2.35. The van der Waals surface area contributed by atoms with E-state index in [1.807, 2.05) is 54.6 Å². The van der Waals surface area contributed by atoms with Crippen LogP contribution in [0.15, 0.2) is 54.6 Å². The Morgan fingerprint density at radius 1 is 0.912 bits per heavy atom. The Kier molecular flexibility index (Phi) is 6.34. The number of anilines is 2. The zero-order chi connectivity index (χ0) is 23.5. The number of benzene rings is 2. The number of rotatable bonds is 5. The molecule has 0 bridgehead atoms. The average molecular weight is 458 g/mol. The zero-order valence-electron chi connectivity index (χ0n) is 19.4. The van der Waals surface area contributed by atoms with E-state index in [-0.39, 0.29) is 17.7 Å². The minimum absolute atomic E-state index is 0.0737. The summed E-state index contributed by atoms with van der Waals surface area (Å²) in [5.41, 5.74) is 9.80. The van der Waals surface area contributed by atoms with Gasteiger partial charge in [0.25, 0.3) is 5.91 Å². The molecule has 1 aromatic heterocycles. The first-order valence-electron chi connectivity index (χ1n) is 12.2. The number of fused-ring (bicyclic) bond motifs is 1. The summed E-state index contributed by atoms with van der Waals surface area (Å²) < 4.78 is 2.23. The molecular weight excluding hydrogens is 426 g/mol. The average Bonchev–Trinajstić information content (AvgIpc) is 3.06. The van der Waals surface area contributed by atoms with Crippen LogP contribution in [-0.2, 0) is 17.8 Å². The van der Waals surface area contributed by atoms with Gasteiger partial charge in [-0.25, -0.2) is 4.98 Å². The standard InChI is InChI=1S/C27H31N5O2/c28-25(33)19-14-17-31(18-15-19)22-12-7-6-11-21(22)29-27(34)24-23-13-5-2-8-16-32(23)26(30-24)20-9-3-1-4-10-20/h1,3-4,6-7,9-12,19H,2,5,8,13-18H2,(H2,28,33)(H,29,34). The highest BCUT2D eigenvalue weighted by atomic mass is 16.2. The van der Waals surface area contributed by atoms with Crippen LogP contribution >= 0.6 is 0 Å². The summed E-state index contributed by atoms with van der Waals surface area (Å²) in [6.07, 6.45) is 5.62. The number of para-hydroxylation sites is 2. The zero-order valence-corrected chi connectivity index (χ0v) is 19.4. The lowest BCUT2D eigenvalue weighted by molar-refractivity contribution is -0.122. The van der Waals surface area contributed by atoms with Gasteiger partial charge in [0.15, 0.2) is 0 Å². The molecule has 2 aromatic carbocycles. The van der Waals surface area contributed by atoms with E-state index in [9.17, 15) is 9.59 Å². The predicted octanol–water partition coefficient (Wildman–Crippen LogP) is 4.23. The second-order valence-corrected chi connectivity index (χ2v) is 9.19. The lowest BCUT2D eigenvalue weighted by Gasteiger charge is -2.33. The van der Waals surface area contributed by atoms with E-state index in [0.29, 0.717) is 5.69 Å². The molecule has 176 valence electrons. The fourth-order valence-electron chi connectivity index (χ4n) is 5.15. The fraction of sp³-hybridized carbons (Fsp3) is 0.370. The van der Waals surface area contributed by atoms with Crippen molar-refractivity contribution in [3.63, 3.8) is 0 Å². The Bertz CT molecular complexity index is 1180. The number of aromatic nitrogens is 2. The second-order valence-electron chi connectivity index (χ2n) is 9.19. The van der Waals surface area contributed by atoms with Crippen LogP contribution in [0.4, 0.5) is 11.4 Å². The third-order valence-electron chi connectivity index (χ3n) is 7.01. The lowest BCUT2D eigenvalue weighted by atomic mass is 9.96. The molecule has 7 heteroatoms.